The van der Waals surface area contributed by atoms with Gasteiger partial charge in [-0.05, 0) is 62.1 Å². The molecule has 1 N–H and O–H groups in total. The van der Waals surface area contributed by atoms with Crippen molar-refractivity contribution in [2.45, 2.75) is 58.9 Å². The minimum absolute atomic E-state index is 0.0881. The van der Waals surface area contributed by atoms with Crippen LogP contribution in [0.4, 0.5) is 0 Å². The molecular weight excluding hydrogens is 440 g/mol. The first-order valence-electron chi connectivity index (χ1n) is 12.2. The van der Waals surface area contributed by atoms with Crippen molar-refractivity contribution in [3.63, 3.8) is 0 Å². The summed E-state index contributed by atoms with van der Waals surface area (Å²) < 4.78 is 7.81. The highest BCUT2D eigenvalue weighted by Gasteiger charge is 2.36. The van der Waals surface area contributed by atoms with E-state index < -0.39 is 11.4 Å². The minimum atomic E-state index is -1.20. The van der Waals surface area contributed by atoms with Gasteiger partial charge in [0.05, 0.1) is 29.1 Å². The van der Waals surface area contributed by atoms with E-state index in [-0.39, 0.29) is 24.7 Å². The number of hydrogen-bond acceptors (Lipinski definition) is 4. The fourth-order valence-electron chi connectivity index (χ4n) is 4.79. The maximum absolute atomic E-state index is 13.3. The van der Waals surface area contributed by atoms with Crippen LogP contribution in [0.15, 0.2) is 71.3 Å². The van der Waals surface area contributed by atoms with E-state index in [1.807, 2.05) is 48.5 Å². The number of hydrogen-bond donors (Lipinski definition) is 1. The topological polar surface area (TPSA) is 85.3 Å². The molecule has 182 valence electrons. The third-order valence-corrected chi connectivity index (χ3v) is 6.81. The first kappa shape index (κ1) is 24.5. The standard InChI is InChI=1S/C29H32N2O4/c1-4-22(5-2)31-25-14-13-21(16-24(25)30-27(31)17-23-12-9-15-35-23)26(32)19-29(3,28(33)34)18-20-10-7-6-8-11-20/h6-16,22H,4-5,17-19H2,1-3H3,(H,33,34). The molecule has 0 amide bonds. The molecule has 1 unspecified atom stereocenters. The van der Waals surface area contributed by atoms with Gasteiger partial charge in [0.15, 0.2) is 5.78 Å². The lowest BCUT2D eigenvalue weighted by molar-refractivity contribution is -0.147. The summed E-state index contributed by atoms with van der Waals surface area (Å²) in [5.74, 6) is 0.557. The van der Waals surface area contributed by atoms with Gasteiger partial charge in [-0.15, -0.1) is 0 Å². The molecule has 6 nitrogen and oxygen atoms in total. The average molecular weight is 473 g/mol. The lowest BCUT2D eigenvalue weighted by atomic mass is 9.78. The quantitative estimate of drug-likeness (QED) is 0.252. The third kappa shape index (κ3) is 5.21. The van der Waals surface area contributed by atoms with Crippen molar-refractivity contribution < 1.29 is 19.1 Å². The van der Waals surface area contributed by atoms with E-state index in [0.29, 0.717) is 12.0 Å². The summed E-state index contributed by atoms with van der Waals surface area (Å²) >= 11 is 0. The first-order chi connectivity index (χ1) is 16.8. The number of fused-ring (bicyclic) bond motifs is 1. The highest BCUT2D eigenvalue weighted by Crippen LogP contribution is 2.31. The van der Waals surface area contributed by atoms with E-state index in [4.69, 9.17) is 9.40 Å². The molecule has 0 aliphatic carbocycles. The molecule has 0 saturated carbocycles. The number of furan rings is 1. The van der Waals surface area contributed by atoms with E-state index in [2.05, 4.69) is 18.4 Å². The number of rotatable bonds is 11. The number of nitrogens with zero attached hydrogens (tertiary/aromatic N) is 2. The van der Waals surface area contributed by atoms with Gasteiger partial charge in [-0.3, -0.25) is 9.59 Å². The van der Waals surface area contributed by atoms with Crippen LogP contribution in [0, 0.1) is 5.41 Å². The number of imidazole rings is 1. The van der Waals surface area contributed by atoms with Gasteiger partial charge >= 0.3 is 5.97 Å². The van der Waals surface area contributed by atoms with E-state index in [9.17, 15) is 14.7 Å². The second-order valence-electron chi connectivity index (χ2n) is 9.46. The van der Waals surface area contributed by atoms with Crippen LogP contribution in [-0.4, -0.2) is 26.4 Å². The number of carboxylic acid groups (broad SMARTS) is 1. The summed E-state index contributed by atoms with van der Waals surface area (Å²) in [4.78, 5) is 30.3. The van der Waals surface area contributed by atoms with Crippen molar-refractivity contribution in [1.29, 1.82) is 0 Å². The van der Waals surface area contributed by atoms with Crippen molar-refractivity contribution in [3.05, 3.63) is 89.6 Å². The molecule has 0 bridgehead atoms. The molecular formula is C29H32N2O4. The molecule has 2 heterocycles. The maximum Gasteiger partial charge on any atom is 0.310 e. The summed E-state index contributed by atoms with van der Waals surface area (Å²) in [6.07, 6.45) is 4.35. The normalized spacial score (nSPS) is 13.3. The molecule has 0 fully saturated rings. The molecule has 2 aromatic carbocycles. The summed E-state index contributed by atoms with van der Waals surface area (Å²) in [5, 5.41) is 9.96. The van der Waals surface area contributed by atoms with Crippen LogP contribution >= 0.6 is 0 Å². The number of ketones is 1. The van der Waals surface area contributed by atoms with Crippen molar-refractivity contribution in [3.8, 4) is 0 Å². The largest absolute Gasteiger partial charge is 0.481 e. The van der Waals surface area contributed by atoms with Crippen LogP contribution < -0.4 is 0 Å². The highest BCUT2D eigenvalue weighted by molar-refractivity contribution is 6.01. The fraction of sp³-hybridized carbons (Fsp3) is 0.345. The predicted octanol–water partition coefficient (Wildman–Crippen LogP) is 6.49. The van der Waals surface area contributed by atoms with Gasteiger partial charge in [0.1, 0.15) is 11.6 Å². The number of carbonyl (C=O) groups is 2. The SMILES string of the molecule is CCC(CC)n1c(Cc2ccco2)nc2cc(C(=O)CC(C)(Cc3ccccc3)C(=O)O)ccc21. The number of benzene rings is 2. The maximum atomic E-state index is 13.3. The number of carboxylic acids is 1. The van der Waals surface area contributed by atoms with Crippen LogP contribution in [0.3, 0.4) is 0 Å². The Morgan fingerprint density at radius 3 is 2.43 bits per heavy atom. The van der Waals surface area contributed by atoms with E-state index in [1.54, 1.807) is 25.3 Å². The molecule has 0 saturated heterocycles. The molecule has 0 radical (unpaired) electrons. The molecule has 4 aromatic rings. The van der Waals surface area contributed by atoms with Crippen molar-refractivity contribution in [2.75, 3.05) is 0 Å². The summed E-state index contributed by atoms with van der Waals surface area (Å²) in [6, 6.07) is 19.1. The predicted molar refractivity (Wildman–Crippen MR) is 136 cm³/mol. The lowest BCUT2D eigenvalue weighted by Crippen LogP contribution is -2.32. The van der Waals surface area contributed by atoms with Gasteiger partial charge in [-0.1, -0.05) is 44.2 Å². The van der Waals surface area contributed by atoms with E-state index >= 15 is 0 Å². The minimum Gasteiger partial charge on any atom is -0.481 e. The van der Waals surface area contributed by atoms with Gasteiger partial charge in [0, 0.05) is 18.0 Å². The Morgan fingerprint density at radius 1 is 1.06 bits per heavy atom. The molecule has 6 heteroatoms. The first-order valence-corrected chi connectivity index (χ1v) is 12.2. The van der Waals surface area contributed by atoms with Crippen LogP contribution in [0.2, 0.25) is 0 Å². The zero-order valence-corrected chi connectivity index (χ0v) is 20.5. The number of carbonyl (C=O) groups excluding carboxylic acids is 1. The summed E-state index contributed by atoms with van der Waals surface area (Å²) in [5.41, 5.74) is 1.89. The monoisotopic (exact) mass is 472 g/mol. The summed E-state index contributed by atoms with van der Waals surface area (Å²) in [7, 11) is 0. The number of aliphatic carboxylic acids is 1. The van der Waals surface area contributed by atoms with Crippen molar-refractivity contribution in [1.82, 2.24) is 9.55 Å². The van der Waals surface area contributed by atoms with Crippen LogP contribution in [-0.2, 0) is 17.6 Å². The molecule has 1 atom stereocenters. The Hall–Kier alpha value is -3.67. The van der Waals surface area contributed by atoms with Crippen LogP contribution in [0.5, 0.6) is 0 Å². The van der Waals surface area contributed by atoms with Gasteiger partial charge in [-0.2, -0.15) is 0 Å². The Morgan fingerprint density at radius 2 is 1.80 bits per heavy atom. The smallest absolute Gasteiger partial charge is 0.310 e. The fourth-order valence-corrected chi connectivity index (χ4v) is 4.79. The summed E-state index contributed by atoms with van der Waals surface area (Å²) in [6.45, 7) is 5.96. The molecule has 0 spiro atoms. The number of aromatic nitrogens is 2. The van der Waals surface area contributed by atoms with E-state index in [1.165, 1.54) is 0 Å². The Balaban J connectivity index is 1.66. The van der Waals surface area contributed by atoms with Crippen LogP contribution in [0.25, 0.3) is 11.0 Å². The molecule has 0 aliphatic rings. The van der Waals surface area contributed by atoms with Crippen molar-refractivity contribution >= 4 is 22.8 Å². The van der Waals surface area contributed by atoms with Crippen molar-refractivity contribution in [2.24, 2.45) is 5.41 Å². The van der Waals surface area contributed by atoms with Gasteiger partial charge < -0.3 is 14.1 Å². The third-order valence-electron chi connectivity index (χ3n) is 6.81. The Kier molecular flexibility index (Phi) is 7.20. The zero-order chi connectivity index (χ0) is 25.0. The zero-order valence-electron chi connectivity index (χ0n) is 20.5. The molecule has 0 aliphatic heterocycles. The molecule has 35 heavy (non-hydrogen) atoms. The second-order valence-corrected chi connectivity index (χ2v) is 9.46. The average Bonchev–Trinajstić information content (AvgIpc) is 3.48. The lowest BCUT2D eigenvalue weighted by Gasteiger charge is -2.24. The molecule has 2 aromatic heterocycles. The van der Waals surface area contributed by atoms with Gasteiger partial charge in [-0.25, -0.2) is 4.98 Å². The molecule has 4 rings (SSSR count). The van der Waals surface area contributed by atoms with Crippen LogP contribution in [0.1, 0.15) is 73.6 Å². The number of Topliss-reactive ketones (excluding diaryl/α,β-unsaturated/α-hetero) is 1. The second kappa shape index (κ2) is 10.3. The van der Waals surface area contributed by atoms with Gasteiger partial charge in [0.25, 0.3) is 0 Å². The Bertz CT molecular complexity index is 1300. The highest BCUT2D eigenvalue weighted by atomic mass is 16.4. The Labute approximate surface area is 205 Å². The van der Waals surface area contributed by atoms with E-state index in [0.717, 1.165) is 41.0 Å². The van der Waals surface area contributed by atoms with Gasteiger partial charge in [0.2, 0.25) is 0 Å².